The van der Waals surface area contributed by atoms with Gasteiger partial charge in [-0.3, -0.25) is 4.98 Å². The molecule has 0 aliphatic heterocycles. The van der Waals surface area contributed by atoms with Crippen molar-refractivity contribution in [3.05, 3.63) is 53.3 Å². The van der Waals surface area contributed by atoms with Crippen molar-refractivity contribution in [2.45, 2.75) is 25.9 Å². The highest BCUT2D eigenvalue weighted by Crippen LogP contribution is 2.30. The van der Waals surface area contributed by atoms with Gasteiger partial charge in [0.15, 0.2) is 0 Å². The number of hydrogen-bond donors (Lipinski definition) is 1. The molecule has 1 heterocycles. The fraction of sp³-hybridized carbons (Fsp3) is 0.353. The molecule has 0 saturated carbocycles. The van der Waals surface area contributed by atoms with Crippen molar-refractivity contribution in [3.8, 4) is 11.5 Å². The summed E-state index contributed by atoms with van der Waals surface area (Å²) in [6, 6.07) is 9.40. The van der Waals surface area contributed by atoms with Crippen LogP contribution < -0.4 is 9.47 Å². The first kappa shape index (κ1) is 15.3. The Morgan fingerprint density at radius 2 is 1.95 bits per heavy atom. The van der Waals surface area contributed by atoms with E-state index < -0.39 is 6.10 Å². The molecular formula is C17H21NO3. The van der Waals surface area contributed by atoms with E-state index >= 15 is 0 Å². The molecule has 1 aromatic heterocycles. The minimum absolute atomic E-state index is 0.451. The number of aliphatic hydroxyl groups excluding tert-OH is 1. The summed E-state index contributed by atoms with van der Waals surface area (Å²) in [4.78, 5) is 4.38. The molecule has 1 atom stereocenters. The summed E-state index contributed by atoms with van der Waals surface area (Å²) in [5, 5.41) is 10.4. The number of aryl methyl sites for hydroxylation is 1. The van der Waals surface area contributed by atoms with Gasteiger partial charge in [0.25, 0.3) is 0 Å². The van der Waals surface area contributed by atoms with Crippen molar-refractivity contribution in [1.82, 2.24) is 4.98 Å². The lowest BCUT2D eigenvalue weighted by Gasteiger charge is -2.15. The number of methoxy groups -OCH3 is 2. The maximum atomic E-state index is 10.4. The molecule has 2 aromatic rings. The van der Waals surface area contributed by atoms with Crippen LogP contribution in [-0.4, -0.2) is 24.3 Å². The molecule has 0 radical (unpaired) electrons. The van der Waals surface area contributed by atoms with Gasteiger partial charge in [-0.15, -0.1) is 0 Å². The molecule has 1 aromatic carbocycles. The van der Waals surface area contributed by atoms with Gasteiger partial charge in [-0.2, -0.15) is 0 Å². The molecule has 0 aliphatic rings. The Morgan fingerprint density at radius 1 is 1.14 bits per heavy atom. The maximum Gasteiger partial charge on any atom is 0.128 e. The summed E-state index contributed by atoms with van der Waals surface area (Å²) in [7, 11) is 3.18. The van der Waals surface area contributed by atoms with Crippen LogP contribution in [0.2, 0.25) is 0 Å². The Balaban J connectivity index is 2.17. The third-order valence-electron chi connectivity index (χ3n) is 3.50. The largest absolute Gasteiger partial charge is 0.497 e. The highest BCUT2D eigenvalue weighted by Gasteiger charge is 2.15. The third kappa shape index (κ3) is 3.73. The summed E-state index contributed by atoms with van der Waals surface area (Å²) in [5.41, 5.74) is 2.78. The second-order valence-electron chi connectivity index (χ2n) is 4.84. The van der Waals surface area contributed by atoms with Gasteiger partial charge < -0.3 is 14.6 Å². The van der Waals surface area contributed by atoms with E-state index in [1.165, 1.54) is 5.56 Å². The Kier molecular flexibility index (Phi) is 5.17. The number of ether oxygens (including phenoxy) is 2. The monoisotopic (exact) mass is 287 g/mol. The van der Waals surface area contributed by atoms with E-state index in [-0.39, 0.29) is 0 Å². The number of rotatable bonds is 6. The van der Waals surface area contributed by atoms with Gasteiger partial charge in [0, 0.05) is 29.9 Å². The quantitative estimate of drug-likeness (QED) is 0.887. The number of aromatic nitrogens is 1. The molecule has 0 saturated heterocycles. The van der Waals surface area contributed by atoms with E-state index in [1.54, 1.807) is 20.3 Å². The van der Waals surface area contributed by atoms with Crippen LogP contribution in [-0.2, 0) is 12.8 Å². The van der Waals surface area contributed by atoms with Gasteiger partial charge >= 0.3 is 0 Å². The fourth-order valence-electron chi connectivity index (χ4n) is 2.19. The smallest absolute Gasteiger partial charge is 0.128 e. The van der Waals surface area contributed by atoms with E-state index in [4.69, 9.17) is 9.47 Å². The van der Waals surface area contributed by atoms with Crippen LogP contribution in [0.15, 0.2) is 36.5 Å². The number of benzene rings is 1. The second-order valence-corrected chi connectivity index (χ2v) is 4.84. The minimum atomic E-state index is -0.661. The Labute approximate surface area is 125 Å². The van der Waals surface area contributed by atoms with Crippen LogP contribution in [0.3, 0.4) is 0 Å². The highest BCUT2D eigenvalue weighted by atomic mass is 16.5. The van der Waals surface area contributed by atoms with Crippen LogP contribution in [0.5, 0.6) is 11.5 Å². The number of pyridine rings is 1. The molecule has 4 nitrogen and oxygen atoms in total. The average molecular weight is 287 g/mol. The molecule has 1 unspecified atom stereocenters. The van der Waals surface area contributed by atoms with Gasteiger partial charge in [0.2, 0.25) is 0 Å². The van der Waals surface area contributed by atoms with Crippen LogP contribution in [0.25, 0.3) is 0 Å². The molecule has 0 bridgehead atoms. The number of aliphatic hydroxyl groups is 1. The third-order valence-corrected chi connectivity index (χ3v) is 3.50. The standard InChI is InChI=1S/C17H21NO3/c1-4-12-5-6-13(18-11-12)9-16(19)15-8-7-14(20-2)10-17(15)21-3/h5-8,10-11,16,19H,4,9H2,1-3H3. The molecule has 1 N–H and O–H groups in total. The van der Waals surface area contributed by atoms with E-state index in [1.807, 2.05) is 30.5 Å². The van der Waals surface area contributed by atoms with E-state index in [2.05, 4.69) is 11.9 Å². The molecule has 0 fully saturated rings. The minimum Gasteiger partial charge on any atom is -0.497 e. The van der Waals surface area contributed by atoms with Crippen LogP contribution in [0, 0.1) is 0 Å². The molecule has 2 rings (SSSR count). The lowest BCUT2D eigenvalue weighted by Crippen LogP contribution is -2.06. The van der Waals surface area contributed by atoms with Crippen LogP contribution in [0.1, 0.15) is 29.8 Å². The number of hydrogen-bond acceptors (Lipinski definition) is 4. The zero-order valence-corrected chi connectivity index (χ0v) is 12.7. The molecule has 21 heavy (non-hydrogen) atoms. The molecular weight excluding hydrogens is 266 g/mol. The van der Waals surface area contributed by atoms with Crippen molar-refractivity contribution in [2.75, 3.05) is 14.2 Å². The van der Waals surface area contributed by atoms with E-state index in [9.17, 15) is 5.11 Å². The first-order valence-corrected chi connectivity index (χ1v) is 7.01. The van der Waals surface area contributed by atoms with Crippen molar-refractivity contribution in [2.24, 2.45) is 0 Å². The topological polar surface area (TPSA) is 51.6 Å². The normalized spacial score (nSPS) is 12.0. The van der Waals surface area contributed by atoms with Gasteiger partial charge in [0.1, 0.15) is 11.5 Å². The molecule has 0 amide bonds. The summed E-state index contributed by atoms with van der Waals surface area (Å²) in [6.45, 7) is 2.09. The highest BCUT2D eigenvalue weighted by molar-refractivity contribution is 5.42. The van der Waals surface area contributed by atoms with Crippen LogP contribution in [0.4, 0.5) is 0 Å². The zero-order valence-electron chi connectivity index (χ0n) is 12.7. The van der Waals surface area contributed by atoms with Crippen molar-refractivity contribution >= 4 is 0 Å². The Morgan fingerprint density at radius 3 is 2.52 bits per heavy atom. The predicted octanol–water partition coefficient (Wildman–Crippen LogP) is 2.94. The Hall–Kier alpha value is -2.07. The van der Waals surface area contributed by atoms with Gasteiger partial charge in [-0.25, -0.2) is 0 Å². The summed E-state index contributed by atoms with van der Waals surface area (Å²) < 4.78 is 10.5. The first-order valence-electron chi connectivity index (χ1n) is 7.01. The fourth-order valence-corrected chi connectivity index (χ4v) is 2.19. The lowest BCUT2D eigenvalue weighted by atomic mass is 10.0. The van der Waals surface area contributed by atoms with Gasteiger partial charge in [-0.05, 0) is 30.2 Å². The lowest BCUT2D eigenvalue weighted by molar-refractivity contribution is 0.172. The van der Waals surface area contributed by atoms with E-state index in [0.717, 1.165) is 17.7 Å². The molecule has 0 aliphatic carbocycles. The molecule has 112 valence electrons. The maximum absolute atomic E-state index is 10.4. The van der Waals surface area contributed by atoms with Gasteiger partial charge in [-0.1, -0.05) is 13.0 Å². The van der Waals surface area contributed by atoms with E-state index in [0.29, 0.717) is 17.9 Å². The summed E-state index contributed by atoms with van der Waals surface area (Å²) in [5.74, 6) is 1.32. The zero-order chi connectivity index (χ0) is 15.2. The summed E-state index contributed by atoms with van der Waals surface area (Å²) in [6.07, 6.45) is 2.60. The first-order chi connectivity index (χ1) is 10.2. The van der Waals surface area contributed by atoms with Crippen LogP contribution >= 0.6 is 0 Å². The second kappa shape index (κ2) is 7.09. The predicted molar refractivity (Wildman–Crippen MR) is 81.8 cm³/mol. The summed E-state index contributed by atoms with van der Waals surface area (Å²) >= 11 is 0. The van der Waals surface area contributed by atoms with Crippen molar-refractivity contribution in [3.63, 3.8) is 0 Å². The Bertz CT molecular complexity index is 581. The average Bonchev–Trinajstić information content (AvgIpc) is 2.54. The van der Waals surface area contributed by atoms with Gasteiger partial charge in [0.05, 0.1) is 20.3 Å². The number of nitrogens with zero attached hydrogens (tertiary/aromatic N) is 1. The van der Waals surface area contributed by atoms with Crippen molar-refractivity contribution in [1.29, 1.82) is 0 Å². The molecule has 0 spiro atoms. The SMILES string of the molecule is CCc1ccc(CC(O)c2ccc(OC)cc2OC)nc1. The molecule has 4 heteroatoms. The van der Waals surface area contributed by atoms with Crippen molar-refractivity contribution < 1.29 is 14.6 Å².